The molecule has 1 aromatic carbocycles. The first-order chi connectivity index (χ1) is 15.4. The SMILES string of the molecule is CC(OCc1c(Cl)cccc1Cl)OCC1CO[Si](C(C)C)(C(C)C)O[Si](C(C)C)(C(C)C)O1. The minimum Gasteiger partial charge on any atom is -0.414 e. The summed E-state index contributed by atoms with van der Waals surface area (Å²) in [4.78, 5) is 0. The minimum atomic E-state index is -2.59. The van der Waals surface area contributed by atoms with Crippen LogP contribution in [0, 0.1) is 0 Å². The van der Waals surface area contributed by atoms with Gasteiger partial charge in [0, 0.05) is 15.6 Å². The van der Waals surface area contributed by atoms with Gasteiger partial charge in [-0.3, -0.25) is 0 Å². The molecule has 2 unspecified atom stereocenters. The van der Waals surface area contributed by atoms with E-state index in [9.17, 15) is 0 Å². The van der Waals surface area contributed by atoms with Crippen LogP contribution in [-0.2, 0) is 29.0 Å². The maximum Gasteiger partial charge on any atom is 0.335 e. The van der Waals surface area contributed by atoms with E-state index in [2.05, 4.69) is 55.4 Å². The maximum absolute atomic E-state index is 7.12. The van der Waals surface area contributed by atoms with Crippen LogP contribution in [-0.4, -0.2) is 42.7 Å². The molecule has 0 spiro atoms. The van der Waals surface area contributed by atoms with Crippen molar-refractivity contribution in [3.8, 4) is 0 Å². The van der Waals surface area contributed by atoms with Gasteiger partial charge in [-0.15, -0.1) is 0 Å². The van der Waals surface area contributed by atoms with Crippen LogP contribution in [0.5, 0.6) is 0 Å². The fraction of sp³-hybridized carbons (Fsp3) is 0.750. The molecule has 1 fully saturated rings. The normalized spacial score (nSPS) is 21.7. The van der Waals surface area contributed by atoms with Crippen molar-refractivity contribution in [1.82, 2.24) is 0 Å². The van der Waals surface area contributed by atoms with Crippen LogP contribution in [0.4, 0.5) is 0 Å². The molecule has 1 aliphatic rings. The monoisotopic (exact) mass is 536 g/mol. The average Bonchev–Trinajstić information content (AvgIpc) is 2.91. The number of rotatable bonds is 10. The standard InChI is InChI=1S/C24H42Cl2O5Si2/c1-16(2)32(17(3)4)29-14-21(30-33(31-32,18(5)6)19(7)8)13-27-20(9)28-15-22-23(25)11-10-12-24(22)26/h10-12,16-21H,13-15H2,1-9H3. The molecule has 0 amide bonds. The third-order valence-electron chi connectivity index (χ3n) is 6.42. The van der Waals surface area contributed by atoms with E-state index >= 15 is 0 Å². The molecule has 33 heavy (non-hydrogen) atoms. The van der Waals surface area contributed by atoms with Crippen molar-refractivity contribution in [3.63, 3.8) is 0 Å². The molecular weight excluding hydrogens is 495 g/mol. The molecule has 2 rings (SSSR count). The van der Waals surface area contributed by atoms with Crippen molar-refractivity contribution in [2.24, 2.45) is 0 Å². The smallest absolute Gasteiger partial charge is 0.335 e. The van der Waals surface area contributed by atoms with E-state index in [-0.39, 0.29) is 12.7 Å². The highest BCUT2D eigenvalue weighted by Crippen LogP contribution is 2.46. The zero-order valence-corrected chi connectivity index (χ0v) is 25.1. The van der Waals surface area contributed by atoms with E-state index in [1.165, 1.54) is 0 Å². The highest BCUT2D eigenvalue weighted by Gasteiger charge is 2.58. The lowest BCUT2D eigenvalue weighted by Crippen LogP contribution is -2.59. The molecule has 9 heteroatoms. The third-order valence-corrected chi connectivity index (χ3v) is 17.4. The highest BCUT2D eigenvalue weighted by molar-refractivity contribution is 6.84. The second-order valence-corrected chi connectivity index (χ2v) is 19.8. The molecule has 1 aliphatic heterocycles. The summed E-state index contributed by atoms with van der Waals surface area (Å²) < 4.78 is 32.5. The van der Waals surface area contributed by atoms with Crippen molar-refractivity contribution in [1.29, 1.82) is 0 Å². The predicted molar refractivity (Wildman–Crippen MR) is 140 cm³/mol. The Morgan fingerprint density at radius 1 is 0.848 bits per heavy atom. The minimum absolute atomic E-state index is 0.205. The van der Waals surface area contributed by atoms with Gasteiger partial charge in [-0.05, 0) is 41.2 Å². The largest absolute Gasteiger partial charge is 0.414 e. The zero-order chi connectivity index (χ0) is 25.0. The van der Waals surface area contributed by atoms with Gasteiger partial charge in [0.15, 0.2) is 6.29 Å². The summed E-state index contributed by atoms with van der Waals surface area (Å²) in [6, 6.07) is 5.42. The van der Waals surface area contributed by atoms with Crippen LogP contribution in [0.15, 0.2) is 18.2 Å². The van der Waals surface area contributed by atoms with Gasteiger partial charge in [-0.2, -0.15) is 0 Å². The molecule has 2 atom stereocenters. The summed E-state index contributed by atoms with van der Waals surface area (Å²) in [6.45, 7) is 20.7. The molecule has 5 nitrogen and oxygen atoms in total. The first kappa shape index (κ1) is 29.3. The van der Waals surface area contributed by atoms with Gasteiger partial charge < -0.3 is 22.4 Å². The lowest BCUT2D eigenvalue weighted by molar-refractivity contribution is -0.154. The number of hydrogen-bond donors (Lipinski definition) is 0. The summed E-state index contributed by atoms with van der Waals surface area (Å²) in [5.41, 5.74) is 2.00. The van der Waals surface area contributed by atoms with Gasteiger partial charge in [0.1, 0.15) is 0 Å². The fourth-order valence-electron chi connectivity index (χ4n) is 4.47. The molecule has 0 radical (unpaired) electrons. The first-order valence-electron chi connectivity index (χ1n) is 12.0. The lowest BCUT2D eigenvalue weighted by Gasteiger charge is -2.45. The number of benzene rings is 1. The Morgan fingerprint density at radius 3 is 1.85 bits per heavy atom. The lowest BCUT2D eigenvalue weighted by atomic mass is 10.2. The van der Waals surface area contributed by atoms with Crippen molar-refractivity contribution in [2.45, 2.75) is 103 Å². The van der Waals surface area contributed by atoms with Gasteiger partial charge in [0.2, 0.25) is 0 Å². The maximum atomic E-state index is 7.12. The Labute approximate surface area is 212 Å². The second-order valence-electron chi connectivity index (χ2n) is 10.1. The van der Waals surface area contributed by atoms with Crippen LogP contribution in [0.3, 0.4) is 0 Å². The molecule has 1 aromatic rings. The topological polar surface area (TPSA) is 46.2 Å². The Morgan fingerprint density at radius 2 is 1.36 bits per heavy atom. The van der Waals surface area contributed by atoms with Crippen LogP contribution in [0.2, 0.25) is 32.2 Å². The van der Waals surface area contributed by atoms with Crippen LogP contribution in [0.25, 0.3) is 0 Å². The molecule has 1 saturated heterocycles. The summed E-state index contributed by atoms with van der Waals surface area (Å²) in [5, 5.41) is 1.17. The highest BCUT2D eigenvalue weighted by atomic mass is 35.5. The number of hydrogen-bond acceptors (Lipinski definition) is 5. The van der Waals surface area contributed by atoms with Crippen molar-refractivity contribution in [3.05, 3.63) is 33.8 Å². The van der Waals surface area contributed by atoms with Gasteiger partial charge in [0.25, 0.3) is 0 Å². The molecule has 0 saturated carbocycles. The summed E-state index contributed by atoms with van der Waals surface area (Å²) in [5.74, 6) is 0. The van der Waals surface area contributed by atoms with Crippen molar-refractivity contribution in [2.75, 3.05) is 13.2 Å². The fourth-order valence-corrected chi connectivity index (χ4v) is 16.2. The Hall–Kier alpha value is 0.0338. The predicted octanol–water partition coefficient (Wildman–Crippen LogP) is 7.83. The zero-order valence-electron chi connectivity index (χ0n) is 21.6. The molecule has 0 aromatic heterocycles. The molecule has 0 bridgehead atoms. The van der Waals surface area contributed by atoms with E-state index in [0.29, 0.717) is 45.4 Å². The van der Waals surface area contributed by atoms with Crippen LogP contribution < -0.4 is 0 Å². The summed E-state index contributed by atoms with van der Waals surface area (Å²) >= 11 is 12.5. The average molecular weight is 538 g/mol. The number of halogens is 2. The van der Waals surface area contributed by atoms with Crippen molar-refractivity contribution < 1.29 is 22.4 Å². The second kappa shape index (κ2) is 12.3. The molecule has 0 N–H and O–H groups in total. The first-order valence-corrected chi connectivity index (χ1v) is 16.7. The number of ether oxygens (including phenoxy) is 2. The summed E-state index contributed by atoms with van der Waals surface area (Å²) in [6.07, 6.45) is -0.653. The van der Waals surface area contributed by atoms with Gasteiger partial charge in [0.05, 0.1) is 25.9 Å². The Bertz CT molecular complexity index is 724. The van der Waals surface area contributed by atoms with E-state index < -0.39 is 23.4 Å². The molecular formula is C24H42Cl2O5Si2. The van der Waals surface area contributed by atoms with E-state index in [1.807, 2.05) is 13.0 Å². The van der Waals surface area contributed by atoms with Crippen molar-refractivity contribution >= 4 is 40.3 Å². The Kier molecular flexibility index (Phi) is 10.9. The van der Waals surface area contributed by atoms with Crippen LogP contribution >= 0.6 is 23.2 Å². The Balaban J connectivity index is 2.13. The molecule has 190 valence electrons. The van der Waals surface area contributed by atoms with Gasteiger partial charge >= 0.3 is 17.1 Å². The molecule has 0 aliphatic carbocycles. The van der Waals surface area contributed by atoms with E-state index in [0.717, 1.165) is 5.56 Å². The quantitative estimate of drug-likeness (QED) is 0.225. The van der Waals surface area contributed by atoms with Gasteiger partial charge in [-0.1, -0.05) is 84.7 Å². The molecule has 1 heterocycles. The third kappa shape index (κ3) is 6.83. The van der Waals surface area contributed by atoms with Crippen LogP contribution in [0.1, 0.15) is 67.9 Å². The summed E-state index contributed by atoms with van der Waals surface area (Å²) in [7, 11) is -5.09. The van der Waals surface area contributed by atoms with E-state index in [1.54, 1.807) is 12.1 Å². The van der Waals surface area contributed by atoms with Gasteiger partial charge in [-0.25, -0.2) is 0 Å². The van der Waals surface area contributed by atoms with E-state index in [4.69, 9.17) is 45.6 Å².